The Morgan fingerprint density at radius 2 is 2.09 bits per heavy atom. The van der Waals surface area contributed by atoms with Crippen molar-refractivity contribution in [3.05, 3.63) is 11.9 Å². The summed E-state index contributed by atoms with van der Waals surface area (Å²) in [4.78, 5) is 25.4. The van der Waals surface area contributed by atoms with E-state index in [1.165, 1.54) is 14.2 Å². The van der Waals surface area contributed by atoms with Crippen LogP contribution in [0.25, 0.3) is 10.9 Å². The van der Waals surface area contributed by atoms with E-state index in [4.69, 9.17) is 15.2 Å². The van der Waals surface area contributed by atoms with Gasteiger partial charge in [0.15, 0.2) is 17.3 Å². The number of nitrogens with zero attached hydrogens (tertiary/aromatic N) is 4. The maximum Gasteiger partial charge on any atom is 0.228 e. The topological polar surface area (TPSA) is 106 Å². The molecule has 1 amide bonds. The molecule has 3 heterocycles. The van der Waals surface area contributed by atoms with Crippen molar-refractivity contribution in [2.45, 2.75) is 38.3 Å². The summed E-state index contributed by atoms with van der Waals surface area (Å²) in [7, 11) is 2.80. The lowest BCUT2D eigenvalue weighted by atomic mass is 10.1. The third-order valence-corrected chi connectivity index (χ3v) is 6.11. The summed E-state index contributed by atoms with van der Waals surface area (Å²) in [5.41, 5.74) is 6.23. The zero-order valence-corrected chi connectivity index (χ0v) is 19.4. The fraction of sp³-hybridized carbons (Fsp3) is 0.571. The van der Waals surface area contributed by atoms with E-state index in [-0.39, 0.29) is 53.2 Å². The van der Waals surface area contributed by atoms with Gasteiger partial charge in [0, 0.05) is 43.5 Å². The highest BCUT2D eigenvalue weighted by atomic mass is 35.5. The number of nitrogens with two attached hydrogens (primary N) is 1. The highest BCUT2D eigenvalue weighted by molar-refractivity contribution is 5.92. The molecule has 1 aromatic carbocycles. The van der Waals surface area contributed by atoms with Crippen LogP contribution in [0.15, 0.2) is 6.07 Å². The Bertz CT molecular complexity index is 988. The minimum Gasteiger partial charge on any atom is -0.493 e. The average molecular weight is 469 g/mol. The second kappa shape index (κ2) is 9.91. The molecule has 0 radical (unpaired) electrons. The first-order valence-electron chi connectivity index (χ1n) is 10.6. The number of fused-ring (bicyclic) bond motifs is 1. The largest absolute Gasteiger partial charge is 0.493 e. The minimum atomic E-state index is -0.641. The van der Waals surface area contributed by atoms with E-state index in [1.807, 2.05) is 16.7 Å². The van der Waals surface area contributed by atoms with Gasteiger partial charge in [0.2, 0.25) is 11.9 Å². The first-order chi connectivity index (χ1) is 14.9. The van der Waals surface area contributed by atoms with Crippen LogP contribution < -0.4 is 25.4 Å². The smallest absolute Gasteiger partial charge is 0.228 e. The van der Waals surface area contributed by atoms with Crippen molar-refractivity contribution in [3.63, 3.8) is 0 Å². The van der Waals surface area contributed by atoms with Gasteiger partial charge >= 0.3 is 0 Å². The Kier molecular flexibility index (Phi) is 7.45. The van der Waals surface area contributed by atoms with Crippen molar-refractivity contribution in [1.82, 2.24) is 20.2 Å². The number of aromatic nitrogens is 2. The van der Waals surface area contributed by atoms with Gasteiger partial charge in [0.1, 0.15) is 11.3 Å². The van der Waals surface area contributed by atoms with Crippen molar-refractivity contribution in [2.75, 3.05) is 51.0 Å². The number of methoxy groups -OCH3 is 2. The molecule has 4 rings (SSSR count). The number of nitrogen functional groups attached to an aromatic ring is 1. The molecule has 2 aromatic rings. The molecule has 2 aliphatic rings. The lowest BCUT2D eigenvalue weighted by molar-refractivity contribution is -0.132. The predicted octanol–water partition coefficient (Wildman–Crippen LogP) is 1.97. The molecular weight excluding hydrogens is 439 g/mol. The monoisotopic (exact) mass is 468 g/mol. The number of hydrogen-bond donors (Lipinski definition) is 2. The standard InChI is InChI=1S/C21H29FN6O3.ClH/c1-12-11-27(16(29)9-13-5-4-6-24-13)7-8-28(12)21-25-18-14(20(23)26-21)10-15(30-2)19(31-3)17(18)22;/h10,12-13,24H,4-9,11H2,1-3H3,(H2,23,25,26);1H/t12-,13-;/m0./s1. The Balaban J connectivity index is 0.00000289. The van der Waals surface area contributed by atoms with Gasteiger partial charge in [-0.3, -0.25) is 4.79 Å². The number of piperazine rings is 1. The number of anilines is 2. The molecule has 0 saturated carbocycles. The molecule has 0 aliphatic carbocycles. The van der Waals surface area contributed by atoms with Crippen molar-refractivity contribution in [3.8, 4) is 11.5 Å². The fourth-order valence-corrected chi connectivity index (χ4v) is 4.42. The zero-order valence-electron chi connectivity index (χ0n) is 18.6. The third-order valence-electron chi connectivity index (χ3n) is 6.11. The van der Waals surface area contributed by atoms with Gasteiger partial charge < -0.3 is 30.3 Å². The van der Waals surface area contributed by atoms with Crippen LogP contribution in [-0.4, -0.2) is 73.3 Å². The van der Waals surface area contributed by atoms with Crippen LogP contribution >= 0.6 is 12.4 Å². The minimum absolute atomic E-state index is 0. The van der Waals surface area contributed by atoms with Crippen LogP contribution in [0, 0.1) is 5.82 Å². The molecule has 2 atom stereocenters. The number of nitrogens with one attached hydrogen (secondary N) is 1. The van der Waals surface area contributed by atoms with Crippen LogP contribution in [0.2, 0.25) is 0 Å². The molecule has 2 aliphatic heterocycles. The lowest BCUT2D eigenvalue weighted by Crippen LogP contribution is -2.54. The summed E-state index contributed by atoms with van der Waals surface area (Å²) >= 11 is 0. The number of rotatable bonds is 5. The molecule has 2 fully saturated rings. The van der Waals surface area contributed by atoms with Gasteiger partial charge in [0.05, 0.1) is 14.2 Å². The predicted molar refractivity (Wildman–Crippen MR) is 123 cm³/mol. The fourth-order valence-electron chi connectivity index (χ4n) is 4.42. The first kappa shape index (κ1) is 24.1. The second-order valence-electron chi connectivity index (χ2n) is 8.11. The summed E-state index contributed by atoms with van der Waals surface area (Å²) in [5.74, 6) is 0.229. The molecular formula is C21H30ClFN6O3. The molecule has 3 N–H and O–H groups in total. The lowest BCUT2D eigenvalue weighted by Gasteiger charge is -2.40. The van der Waals surface area contributed by atoms with Crippen molar-refractivity contribution in [1.29, 1.82) is 0 Å². The molecule has 11 heteroatoms. The average Bonchev–Trinajstić information content (AvgIpc) is 3.26. The van der Waals surface area contributed by atoms with Gasteiger partial charge in [-0.2, -0.15) is 4.98 Å². The van der Waals surface area contributed by atoms with E-state index >= 15 is 4.39 Å². The summed E-state index contributed by atoms with van der Waals surface area (Å²) in [6.07, 6.45) is 2.69. The number of carbonyl (C=O) groups is 1. The highest BCUT2D eigenvalue weighted by Gasteiger charge is 2.31. The molecule has 2 saturated heterocycles. The zero-order chi connectivity index (χ0) is 22.1. The molecule has 9 nitrogen and oxygen atoms in total. The van der Waals surface area contributed by atoms with E-state index < -0.39 is 5.82 Å². The van der Waals surface area contributed by atoms with Crippen LogP contribution in [-0.2, 0) is 4.79 Å². The van der Waals surface area contributed by atoms with Crippen LogP contribution in [0.3, 0.4) is 0 Å². The summed E-state index contributed by atoms with van der Waals surface area (Å²) in [5, 5.41) is 3.74. The van der Waals surface area contributed by atoms with Gasteiger partial charge in [-0.1, -0.05) is 0 Å². The quantitative estimate of drug-likeness (QED) is 0.686. The maximum atomic E-state index is 15.1. The Labute approximate surface area is 192 Å². The number of amides is 1. The van der Waals surface area contributed by atoms with E-state index in [0.29, 0.717) is 37.4 Å². The Morgan fingerprint density at radius 1 is 1.31 bits per heavy atom. The van der Waals surface area contributed by atoms with Gasteiger partial charge in [0.25, 0.3) is 0 Å². The third kappa shape index (κ3) is 4.47. The van der Waals surface area contributed by atoms with Crippen LogP contribution in [0.4, 0.5) is 16.2 Å². The summed E-state index contributed by atoms with van der Waals surface area (Å²) < 4.78 is 25.4. The van der Waals surface area contributed by atoms with Crippen molar-refractivity contribution >= 4 is 41.0 Å². The van der Waals surface area contributed by atoms with Crippen LogP contribution in [0.1, 0.15) is 26.2 Å². The van der Waals surface area contributed by atoms with E-state index in [0.717, 1.165) is 19.4 Å². The van der Waals surface area contributed by atoms with Gasteiger partial charge in [-0.05, 0) is 32.4 Å². The number of carbonyl (C=O) groups excluding carboxylic acids is 1. The van der Waals surface area contributed by atoms with Crippen molar-refractivity contribution in [2.24, 2.45) is 0 Å². The van der Waals surface area contributed by atoms with Crippen LogP contribution in [0.5, 0.6) is 11.5 Å². The van der Waals surface area contributed by atoms with Gasteiger partial charge in [-0.25, -0.2) is 9.37 Å². The SMILES string of the molecule is COc1cc2c(N)nc(N3CCN(C(=O)C[C@@H]4CCCN4)C[C@@H]3C)nc2c(F)c1OC.Cl. The second-order valence-corrected chi connectivity index (χ2v) is 8.11. The first-order valence-corrected chi connectivity index (χ1v) is 10.6. The number of halogens is 2. The van der Waals surface area contributed by atoms with E-state index in [1.54, 1.807) is 6.07 Å². The molecule has 0 bridgehead atoms. The normalized spacial score (nSPS) is 20.9. The van der Waals surface area contributed by atoms with E-state index in [2.05, 4.69) is 15.3 Å². The number of hydrogen-bond acceptors (Lipinski definition) is 8. The van der Waals surface area contributed by atoms with E-state index in [9.17, 15) is 4.79 Å². The number of benzene rings is 1. The molecule has 0 spiro atoms. The number of ether oxygens (including phenoxy) is 2. The molecule has 0 unspecified atom stereocenters. The van der Waals surface area contributed by atoms with Crippen molar-refractivity contribution < 1.29 is 18.7 Å². The Morgan fingerprint density at radius 3 is 2.72 bits per heavy atom. The molecule has 32 heavy (non-hydrogen) atoms. The molecule has 176 valence electrons. The van der Waals surface area contributed by atoms with Gasteiger partial charge in [-0.15, -0.1) is 12.4 Å². The summed E-state index contributed by atoms with van der Waals surface area (Å²) in [6, 6.07) is 1.82. The summed E-state index contributed by atoms with van der Waals surface area (Å²) in [6.45, 7) is 4.65. The molecule has 1 aromatic heterocycles. The highest BCUT2D eigenvalue weighted by Crippen LogP contribution is 2.37. The maximum absolute atomic E-state index is 15.1. The Hall–Kier alpha value is -2.59.